The summed E-state index contributed by atoms with van der Waals surface area (Å²) in [4.78, 5) is 0.146. The van der Waals surface area contributed by atoms with Gasteiger partial charge in [0.15, 0.2) is 0 Å². The van der Waals surface area contributed by atoms with Crippen LogP contribution in [0.25, 0.3) is 0 Å². The van der Waals surface area contributed by atoms with E-state index in [4.69, 9.17) is 26.8 Å². The standard InChI is InChI=1S/C24H28ClN3O4S/c25-20-10-12-22(13-11-20)33(29,30)28(16-19-31-17-14-26)24-9-5-4-8-23(24)27-15-18-32-21-6-2-1-3-7-21/h1-13,27H,14-19,26H2. The van der Waals surface area contributed by atoms with E-state index in [-0.39, 0.29) is 18.0 Å². The first-order valence-electron chi connectivity index (χ1n) is 10.6. The zero-order valence-electron chi connectivity index (χ0n) is 18.2. The van der Waals surface area contributed by atoms with Crippen molar-refractivity contribution in [3.05, 3.63) is 83.9 Å². The number of para-hydroxylation sites is 3. The van der Waals surface area contributed by atoms with Crippen molar-refractivity contribution in [1.82, 2.24) is 0 Å². The van der Waals surface area contributed by atoms with Crippen LogP contribution in [0.3, 0.4) is 0 Å². The lowest BCUT2D eigenvalue weighted by molar-refractivity contribution is 0.150. The van der Waals surface area contributed by atoms with E-state index in [2.05, 4.69) is 5.32 Å². The van der Waals surface area contributed by atoms with Crippen molar-refractivity contribution in [2.75, 3.05) is 49.1 Å². The highest BCUT2D eigenvalue weighted by Crippen LogP contribution is 2.31. The normalized spacial score (nSPS) is 11.2. The quantitative estimate of drug-likeness (QED) is 0.352. The Labute approximate surface area is 200 Å². The van der Waals surface area contributed by atoms with Crippen molar-refractivity contribution in [3.8, 4) is 5.75 Å². The second-order valence-corrected chi connectivity index (χ2v) is 9.34. The first-order chi connectivity index (χ1) is 16.0. The summed E-state index contributed by atoms with van der Waals surface area (Å²) in [5.74, 6) is 0.775. The van der Waals surface area contributed by atoms with Crippen LogP contribution in [0.2, 0.25) is 5.02 Å². The molecule has 0 fully saturated rings. The van der Waals surface area contributed by atoms with Crippen LogP contribution < -0.4 is 20.1 Å². The molecule has 7 nitrogen and oxygen atoms in total. The van der Waals surface area contributed by atoms with Crippen molar-refractivity contribution in [2.45, 2.75) is 4.90 Å². The third-order valence-corrected chi connectivity index (χ3v) is 6.78. The van der Waals surface area contributed by atoms with Crippen molar-refractivity contribution in [1.29, 1.82) is 0 Å². The number of hydrogen-bond acceptors (Lipinski definition) is 6. The summed E-state index contributed by atoms with van der Waals surface area (Å²) in [6.07, 6.45) is 0. The van der Waals surface area contributed by atoms with Gasteiger partial charge in [0.2, 0.25) is 0 Å². The highest BCUT2D eigenvalue weighted by molar-refractivity contribution is 7.92. The van der Waals surface area contributed by atoms with Crippen molar-refractivity contribution >= 4 is 33.0 Å². The Hall–Kier alpha value is -2.78. The number of benzene rings is 3. The maximum absolute atomic E-state index is 13.5. The van der Waals surface area contributed by atoms with Crippen molar-refractivity contribution in [3.63, 3.8) is 0 Å². The average molecular weight is 490 g/mol. The van der Waals surface area contributed by atoms with Gasteiger partial charge < -0.3 is 20.5 Å². The molecule has 33 heavy (non-hydrogen) atoms. The van der Waals surface area contributed by atoms with Crippen LogP contribution >= 0.6 is 11.6 Å². The molecule has 3 aromatic carbocycles. The molecule has 0 amide bonds. The number of nitrogens with one attached hydrogen (secondary N) is 1. The molecule has 9 heteroatoms. The summed E-state index contributed by atoms with van der Waals surface area (Å²) >= 11 is 5.96. The molecule has 3 N–H and O–H groups in total. The van der Waals surface area contributed by atoms with Crippen LogP contribution in [0.5, 0.6) is 5.75 Å². The van der Waals surface area contributed by atoms with E-state index in [1.165, 1.54) is 16.4 Å². The van der Waals surface area contributed by atoms with Crippen LogP contribution in [0.1, 0.15) is 0 Å². The fraction of sp³-hybridized carbons (Fsp3) is 0.250. The Morgan fingerprint density at radius 2 is 1.58 bits per heavy atom. The molecule has 0 bridgehead atoms. The lowest BCUT2D eigenvalue weighted by Gasteiger charge is -2.27. The molecule has 0 saturated heterocycles. The van der Waals surface area contributed by atoms with Crippen LogP contribution in [-0.4, -0.2) is 47.9 Å². The molecular weight excluding hydrogens is 462 g/mol. The Morgan fingerprint density at radius 1 is 0.879 bits per heavy atom. The molecule has 0 saturated carbocycles. The Kier molecular flexibility index (Phi) is 9.38. The molecule has 0 heterocycles. The molecular formula is C24H28ClN3O4S. The molecule has 0 aliphatic rings. The minimum absolute atomic E-state index is 0.129. The molecule has 0 aromatic heterocycles. The van der Waals surface area contributed by atoms with E-state index in [0.29, 0.717) is 42.7 Å². The van der Waals surface area contributed by atoms with Gasteiger partial charge in [-0.25, -0.2) is 8.42 Å². The Balaban J connectivity index is 1.80. The van der Waals surface area contributed by atoms with Gasteiger partial charge in [-0.2, -0.15) is 0 Å². The summed E-state index contributed by atoms with van der Waals surface area (Å²) in [5.41, 5.74) is 6.68. The van der Waals surface area contributed by atoms with Gasteiger partial charge >= 0.3 is 0 Å². The molecule has 0 radical (unpaired) electrons. The van der Waals surface area contributed by atoms with Gasteiger partial charge in [0.1, 0.15) is 12.4 Å². The number of halogens is 1. The zero-order chi connectivity index (χ0) is 23.5. The molecule has 176 valence electrons. The van der Waals surface area contributed by atoms with Gasteiger partial charge in [-0.3, -0.25) is 4.31 Å². The largest absolute Gasteiger partial charge is 0.492 e. The zero-order valence-corrected chi connectivity index (χ0v) is 19.8. The van der Waals surface area contributed by atoms with Crippen molar-refractivity contribution in [2.24, 2.45) is 5.73 Å². The Bertz CT molecular complexity index is 1100. The summed E-state index contributed by atoms with van der Waals surface area (Å²) in [6.45, 7) is 1.96. The van der Waals surface area contributed by atoms with E-state index in [0.717, 1.165) is 5.75 Å². The van der Waals surface area contributed by atoms with Gasteiger partial charge in [-0.15, -0.1) is 0 Å². The van der Waals surface area contributed by atoms with Crippen LogP contribution in [0.15, 0.2) is 83.8 Å². The second-order valence-electron chi connectivity index (χ2n) is 7.04. The molecule has 0 aliphatic heterocycles. The van der Waals surface area contributed by atoms with Crippen LogP contribution in [0, 0.1) is 0 Å². The van der Waals surface area contributed by atoms with Crippen LogP contribution in [-0.2, 0) is 14.8 Å². The van der Waals surface area contributed by atoms with Crippen LogP contribution in [0.4, 0.5) is 11.4 Å². The lowest BCUT2D eigenvalue weighted by atomic mass is 10.2. The molecule has 3 rings (SSSR count). The summed E-state index contributed by atoms with van der Waals surface area (Å²) in [5, 5.41) is 3.75. The van der Waals surface area contributed by atoms with E-state index in [1.807, 2.05) is 42.5 Å². The number of hydrogen-bond donors (Lipinski definition) is 2. The molecule has 0 aliphatic carbocycles. The number of nitrogens with zero attached hydrogens (tertiary/aromatic N) is 1. The lowest BCUT2D eigenvalue weighted by Crippen LogP contribution is -2.35. The smallest absolute Gasteiger partial charge is 0.264 e. The number of rotatable bonds is 13. The average Bonchev–Trinajstić information content (AvgIpc) is 2.83. The highest BCUT2D eigenvalue weighted by atomic mass is 35.5. The molecule has 0 unspecified atom stereocenters. The summed E-state index contributed by atoms with van der Waals surface area (Å²) in [7, 11) is -3.86. The van der Waals surface area contributed by atoms with Gasteiger partial charge in [-0.1, -0.05) is 41.9 Å². The summed E-state index contributed by atoms with van der Waals surface area (Å²) < 4.78 is 39.6. The minimum Gasteiger partial charge on any atom is -0.492 e. The monoisotopic (exact) mass is 489 g/mol. The Morgan fingerprint density at radius 3 is 2.30 bits per heavy atom. The molecule has 3 aromatic rings. The SMILES string of the molecule is NCCOCCN(c1ccccc1NCCOc1ccccc1)S(=O)(=O)c1ccc(Cl)cc1. The fourth-order valence-electron chi connectivity index (χ4n) is 3.15. The second kappa shape index (κ2) is 12.5. The van der Waals surface area contributed by atoms with E-state index in [9.17, 15) is 8.42 Å². The topological polar surface area (TPSA) is 93.9 Å². The van der Waals surface area contributed by atoms with Gasteiger partial charge in [-0.05, 0) is 48.5 Å². The first-order valence-corrected chi connectivity index (χ1v) is 12.4. The molecule has 0 spiro atoms. The van der Waals surface area contributed by atoms with Crippen molar-refractivity contribution < 1.29 is 17.9 Å². The van der Waals surface area contributed by atoms with E-state index < -0.39 is 10.0 Å². The van der Waals surface area contributed by atoms with Gasteiger partial charge in [0.25, 0.3) is 10.0 Å². The minimum atomic E-state index is -3.86. The van der Waals surface area contributed by atoms with Gasteiger partial charge in [0, 0.05) is 18.1 Å². The summed E-state index contributed by atoms with van der Waals surface area (Å²) in [6, 6.07) is 22.9. The number of anilines is 2. The number of nitrogens with two attached hydrogens (primary N) is 1. The fourth-order valence-corrected chi connectivity index (χ4v) is 4.74. The number of sulfonamides is 1. The first kappa shape index (κ1) is 24.9. The maximum atomic E-state index is 13.5. The predicted octanol–water partition coefficient (Wildman–Crippen LogP) is 4.00. The predicted molar refractivity (Wildman–Crippen MR) is 133 cm³/mol. The van der Waals surface area contributed by atoms with E-state index >= 15 is 0 Å². The maximum Gasteiger partial charge on any atom is 0.264 e. The van der Waals surface area contributed by atoms with Gasteiger partial charge in [0.05, 0.1) is 36.0 Å². The number of ether oxygens (including phenoxy) is 2. The third kappa shape index (κ3) is 7.10. The molecule has 0 atom stereocenters. The highest BCUT2D eigenvalue weighted by Gasteiger charge is 2.26. The third-order valence-electron chi connectivity index (χ3n) is 4.70. The van der Waals surface area contributed by atoms with E-state index in [1.54, 1.807) is 24.3 Å².